The number of anilines is 1. The smallest absolute Gasteiger partial charge is 0.221 e. The molecular formula is C25H32Cl2N2O4. The highest BCUT2D eigenvalue weighted by Crippen LogP contribution is 2.46. The van der Waals surface area contributed by atoms with Gasteiger partial charge < -0.3 is 24.8 Å². The lowest BCUT2D eigenvalue weighted by atomic mass is 9.66. The Kier molecular flexibility index (Phi) is 8.17. The van der Waals surface area contributed by atoms with Crippen LogP contribution < -0.4 is 14.8 Å². The number of methoxy groups -OCH3 is 1. The summed E-state index contributed by atoms with van der Waals surface area (Å²) >= 11 is 12.2. The molecule has 3 rings (SSSR count). The van der Waals surface area contributed by atoms with Crippen molar-refractivity contribution in [2.75, 3.05) is 38.7 Å². The summed E-state index contributed by atoms with van der Waals surface area (Å²) in [6.07, 6.45) is 1.43. The monoisotopic (exact) mass is 494 g/mol. The zero-order valence-electron chi connectivity index (χ0n) is 19.6. The third kappa shape index (κ3) is 5.93. The molecule has 0 spiro atoms. The number of hydrogen-bond donors (Lipinski definition) is 2. The average molecular weight is 495 g/mol. The Balaban J connectivity index is 1.58. The van der Waals surface area contributed by atoms with Crippen molar-refractivity contribution in [3.8, 4) is 11.5 Å². The van der Waals surface area contributed by atoms with E-state index in [1.165, 1.54) is 14.0 Å². The van der Waals surface area contributed by atoms with E-state index in [1.807, 2.05) is 24.3 Å². The molecule has 1 aliphatic rings. The van der Waals surface area contributed by atoms with E-state index < -0.39 is 5.60 Å². The van der Waals surface area contributed by atoms with Gasteiger partial charge in [-0.3, -0.25) is 4.79 Å². The van der Waals surface area contributed by atoms with E-state index >= 15 is 0 Å². The maximum Gasteiger partial charge on any atom is 0.221 e. The average Bonchev–Trinajstić information content (AvgIpc) is 2.74. The molecule has 2 N–H and O–H groups in total. The van der Waals surface area contributed by atoms with E-state index in [0.717, 1.165) is 31.6 Å². The van der Waals surface area contributed by atoms with Gasteiger partial charge in [0, 0.05) is 43.1 Å². The number of likely N-dealkylation sites (tertiary alicyclic amines) is 1. The molecule has 1 aliphatic heterocycles. The summed E-state index contributed by atoms with van der Waals surface area (Å²) in [5.41, 5.74) is 0.183. The number of nitrogens with one attached hydrogen (secondary N) is 1. The number of amides is 1. The first-order valence-electron chi connectivity index (χ1n) is 11.0. The molecule has 2 aromatic rings. The Morgan fingerprint density at radius 2 is 1.88 bits per heavy atom. The summed E-state index contributed by atoms with van der Waals surface area (Å²) in [4.78, 5) is 13.9. The van der Waals surface area contributed by atoms with Crippen molar-refractivity contribution in [3.63, 3.8) is 0 Å². The minimum Gasteiger partial charge on any atom is -0.495 e. The molecule has 180 valence electrons. The fraction of sp³-hybridized carbons (Fsp3) is 0.480. The van der Waals surface area contributed by atoms with Crippen LogP contribution in [-0.2, 0) is 10.4 Å². The fourth-order valence-corrected chi connectivity index (χ4v) is 4.81. The first-order chi connectivity index (χ1) is 15.6. The molecule has 0 bridgehead atoms. The van der Waals surface area contributed by atoms with Crippen LogP contribution in [0, 0.1) is 5.41 Å². The maximum absolute atomic E-state index is 11.5. The number of carbonyl (C=O) groups is 1. The number of aliphatic hydroxyl groups is 1. The standard InChI is InChI=1S/C25H32Cl2N2O4/c1-17(30)28-21-14-20(27)22(32-4)15-23(21)33-13-5-11-29-12-10-25(31,24(2,3)16-29)18-6-8-19(26)9-7-18/h6-9,14-15,31H,5,10-13,16H2,1-4H3,(H,28,30). The molecule has 8 heteroatoms. The third-order valence-electron chi connectivity index (χ3n) is 6.29. The molecule has 1 amide bonds. The van der Waals surface area contributed by atoms with Crippen molar-refractivity contribution in [2.24, 2.45) is 5.41 Å². The van der Waals surface area contributed by atoms with Gasteiger partial charge in [-0.2, -0.15) is 0 Å². The molecule has 0 radical (unpaired) electrons. The Morgan fingerprint density at radius 3 is 2.48 bits per heavy atom. The van der Waals surface area contributed by atoms with E-state index in [-0.39, 0.29) is 11.3 Å². The Morgan fingerprint density at radius 1 is 1.18 bits per heavy atom. The lowest BCUT2D eigenvalue weighted by Gasteiger charge is -2.50. The van der Waals surface area contributed by atoms with E-state index in [2.05, 4.69) is 24.1 Å². The Labute approximate surface area is 205 Å². The SMILES string of the molecule is COc1cc(OCCCN2CCC(O)(c3ccc(Cl)cc3)C(C)(C)C2)c(NC(C)=O)cc1Cl. The van der Waals surface area contributed by atoms with Gasteiger partial charge in [-0.25, -0.2) is 0 Å². The molecule has 1 atom stereocenters. The second kappa shape index (κ2) is 10.5. The van der Waals surface area contributed by atoms with Crippen molar-refractivity contribution >= 4 is 34.8 Å². The predicted octanol–water partition coefficient (Wildman–Crippen LogP) is 5.35. The van der Waals surface area contributed by atoms with Crippen molar-refractivity contribution in [2.45, 2.75) is 39.2 Å². The molecule has 33 heavy (non-hydrogen) atoms. The van der Waals surface area contributed by atoms with Gasteiger partial charge in [-0.15, -0.1) is 0 Å². The highest BCUT2D eigenvalue weighted by atomic mass is 35.5. The van der Waals surface area contributed by atoms with E-state index in [9.17, 15) is 9.90 Å². The number of hydrogen-bond acceptors (Lipinski definition) is 5. The van der Waals surface area contributed by atoms with E-state index in [4.69, 9.17) is 32.7 Å². The van der Waals surface area contributed by atoms with Gasteiger partial charge in [0.2, 0.25) is 5.91 Å². The molecule has 6 nitrogen and oxygen atoms in total. The first-order valence-corrected chi connectivity index (χ1v) is 11.8. The predicted molar refractivity (Wildman–Crippen MR) is 133 cm³/mol. The number of benzene rings is 2. The van der Waals surface area contributed by atoms with Crippen LogP contribution >= 0.6 is 23.2 Å². The number of rotatable bonds is 8. The summed E-state index contributed by atoms with van der Waals surface area (Å²) in [6, 6.07) is 10.8. The summed E-state index contributed by atoms with van der Waals surface area (Å²) in [6.45, 7) is 8.49. The normalized spacial score (nSPS) is 20.3. The van der Waals surface area contributed by atoms with Gasteiger partial charge in [-0.1, -0.05) is 49.2 Å². The Hall–Kier alpha value is -1.99. The lowest BCUT2D eigenvalue weighted by Crippen LogP contribution is -2.55. The molecular weight excluding hydrogens is 463 g/mol. The second-order valence-corrected chi connectivity index (χ2v) is 9.99. The molecule has 0 aliphatic carbocycles. The fourth-order valence-electron chi connectivity index (χ4n) is 4.45. The largest absolute Gasteiger partial charge is 0.495 e. The summed E-state index contributed by atoms with van der Waals surface area (Å²) in [5.74, 6) is 0.798. The minimum absolute atomic E-state index is 0.204. The number of ether oxygens (including phenoxy) is 2. The quantitative estimate of drug-likeness (QED) is 0.484. The van der Waals surface area contributed by atoms with E-state index in [1.54, 1.807) is 12.1 Å². The topological polar surface area (TPSA) is 71.0 Å². The van der Waals surface area contributed by atoms with Crippen LogP contribution in [0.2, 0.25) is 10.0 Å². The van der Waals surface area contributed by atoms with Crippen molar-refractivity contribution in [1.29, 1.82) is 0 Å². The first kappa shape index (κ1) is 25.6. The van der Waals surface area contributed by atoms with Gasteiger partial charge in [0.05, 0.1) is 30.0 Å². The van der Waals surface area contributed by atoms with Gasteiger partial charge in [0.1, 0.15) is 11.5 Å². The molecule has 0 aromatic heterocycles. The third-order valence-corrected chi connectivity index (χ3v) is 6.84. The number of halogens is 2. The minimum atomic E-state index is -0.905. The molecule has 0 saturated carbocycles. The van der Waals surface area contributed by atoms with Crippen molar-refractivity contribution in [1.82, 2.24) is 4.90 Å². The van der Waals surface area contributed by atoms with Crippen LogP contribution in [0.3, 0.4) is 0 Å². The summed E-state index contributed by atoms with van der Waals surface area (Å²) in [7, 11) is 1.53. The molecule has 1 saturated heterocycles. The summed E-state index contributed by atoms with van der Waals surface area (Å²) < 4.78 is 11.2. The van der Waals surface area contributed by atoms with Gasteiger partial charge in [-0.05, 0) is 36.6 Å². The maximum atomic E-state index is 11.5. The second-order valence-electron chi connectivity index (χ2n) is 9.14. The van der Waals surface area contributed by atoms with Crippen molar-refractivity contribution in [3.05, 3.63) is 52.0 Å². The van der Waals surface area contributed by atoms with Gasteiger partial charge in [0.15, 0.2) is 0 Å². The van der Waals surface area contributed by atoms with Crippen LogP contribution in [0.25, 0.3) is 0 Å². The van der Waals surface area contributed by atoms with Crippen LogP contribution in [-0.4, -0.2) is 49.3 Å². The van der Waals surface area contributed by atoms with E-state index in [0.29, 0.717) is 40.3 Å². The highest BCUT2D eigenvalue weighted by molar-refractivity contribution is 6.32. The molecule has 1 fully saturated rings. The van der Waals surface area contributed by atoms with Gasteiger partial charge in [0.25, 0.3) is 0 Å². The summed E-state index contributed by atoms with van der Waals surface area (Å²) in [5, 5.41) is 15.3. The van der Waals surface area contributed by atoms with Crippen LogP contribution in [0.1, 0.15) is 39.2 Å². The highest BCUT2D eigenvalue weighted by Gasteiger charge is 2.48. The zero-order valence-corrected chi connectivity index (χ0v) is 21.1. The molecule has 1 unspecified atom stereocenters. The number of piperidine rings is 1. The van der Waals surface area contributed by atoms with Gasteiger partial charge >= 0.3 is 0 Å². The molecule has 1 heterocycles. The van der Waals surface area contributed by atoms with Crippen LogP contribution in [0.5, 0.6) is 11.5 Å². The number of carbonyl (C=O) groups excluding carboxylic acids is 1. The van der Waals surface area contributed by atoms with Crippen LogP contribution in [0.4, 0.5) is 5.69 Å². The Bertz CT molecular complexity index is 981. The van der Waals surface area contributed by atoms with Crippen LogP contribution in [0.15, 0.2) is 36.4 Å². The van der Waals surface area contributed by atoms with Crippen molar-refractivity contribution < 1.29 is 19.4 Å². The lowest BCUT2D eigenvalue weighted by molar-refractivity contribution is -0.125. The number of nitrogens with zero attached hydrogens (tertiary/aromatic N) is 1. The molecule has 2 aromatic carbocycles. The zero-order chi connectivity index (χ0) is 24.2.